The highest BCUT2D eigenvalue weighted by Crippen LogP contribution is 2.19. The number of nitrogens with one attached hydrogen (secondary N) is 1. The molecule has 3 N–H and O–H groups in total. The molecule has 0 saturated carbocycles. The highest BCUT2D eigenvalue weighted by molar-refractivity contribution is 5.79. The predicted octanol–water partition coefficient (Wildman–Crippen LogP) is 0.467. The Bertz CT molecular complexity index is 628. The van der Waals surface area contributed by atoms with Crippen LogP contribution in [0.15, 0.2) is 22.7 Å². The standard InChI is InChI=1S/C9H8N6O/c10-4-8-11-9(14-16-8)5-1-2-6-7(3-5)13-15-12-6/h1-3H,4,10H2,(H,12,13,15). The van der Waals surface area contributed by atoms with Gasteiger partial charge < -0.3 is 10.3 Å². The Kier molecular flexibility index (Phi) is 1.90. The van der Waals surface area contributed by atoms with Crippen LogP contribution in [0.3, 0.4) is 0 Å². The second-order valence-electron chi connectivity index (χ2n) is 3.24. The Morgan fingerprint density at radius 3 is 2.94 bits per heavy atom. The van der Waals surface area contributed by atoms with Gasteiger partial charge in [-0.05, 0) is 18.2 Å². The molecule has 0 atom stereocenters. The molecule has 3 aromatic rings. The zero-order chi connectivity index (χ0) is 11.0. The molecule has 0 bridgehead atoms. The fourth-order valence-electron chi connectivity index (χ4n) is 1.43. The smallest absolute Gasteiger partial charge is 0.240 e. The summed E-state index contributed by atoms with van der Waals surface area (Å²) in [7, 11) is 0. The summed E-state index contributed by atoms with van der Waals surface area (Å²) in [6.07, 6.45) is 0. The van der Waals surface area contributed by atoms with Crippen molar-refractivity contribution in [3.63, 3.8) is 0 Å². The average molecular weight is 216 g/mol. The molecule has 0 spiro atoms. The van der Waals surface area contributed by atoms with Crippen molar-refractivity contribution in [2.45, 2.75) is 6.54 Å². The zero-order valence-electron chi connectivity index (χ0n) is 8.21. The van der Waals surface area contributed by atoms with Gasteiger partial charge in [0, 0.05) is 5.56 Å². The summed E-state index contributed by atoms with van der Waals surface area (Å²) in [5.41, 5.74) is 7.77. The van der Waals surface area contributed by atoms with E-state index in [9.17, 15) is 0 Å². The zero-order valence-corrected chi connectivity index (χ0v) is 8.21. The van der Waals surface area contributed by atoms with Gasteiger partial charge in [0.05, 0.1) is 6.54 Å². The number of hydrogen-bond acceptors (Lipinski definition) is 6. The van der Waals surface area contributed by atoms with E-state index in [1.807, 2.05) is 18.2 Å². The lowest BCUT2D eigenvalue weighted by molar-refractivity contribution is 0.380. The molecule has 0 fully saturated rings. The number of rotatable bonds is 2. The van der Waals surface area contributed by atoms with E-state index in [-0.39, 0.29) is 6.54 Å². The first-order valence-electron chi connectivity index (χ1n) is 4.70. The van der Waals surface area contributed by atoms with Crippen molar-refractivity contribution >= 4 is 11.0 Å². The largest absolute Gasteiger partial charge is 0.338 e. The van der Waals surface area contributed by atoms with Crippen molar-refractivity contribution in [2.75, 3.05) is 0 Å². The van der Waals surface area contributed by atoms with E-state index in [1.54, 1.807) is 0 Å². The Morgan fingerprint density at radius 2 is 2.12 bits per heavy atom. The molecule has 1 aromatic carbocycles. The van der Waals surface area contributed by atoms with Crippen molar-refractivity contribution in [2.24, 2.45) is 5.73 Å². The van der Waals surface area contributed by atoms with Crippen molar-refractivity contribution < 1.29 is 4.52 Å². The van der Waals surface area contributed by atoms with Crippen LogP contribution in [-0.4, -0.2) is 25.6 Å². The van der Waals surface area contributed by atoms with Crippen molar-refractivity contribution in [1.82, 2.24) is 25.6 Å². The number of H-pyrrole nitrogens is 1. The molecule has 0 aliphatic carbocycles. The Morgan fingerprint density at radius 1 is 1.25 bits per heavy atom. The van der Waals surface area contributed by atoms with Gasteiger partial charge in [-0.25, -0.2) is 0 Å². The summed E-state index contributed by atoms with van der Waals surface area (Å²) < 4.78 is 4.93. The van der Waals surface area contributed by atoms with Crippen LogP contribution < -0.4 is 5.73 Å². The molecule has 0 saturated heterocycles. The maximum absolute atomic E-state index is 5.39. The quantitative estimate of drug-likeness (QED) is 0.644. The van der Waals surface area contributed by atoms with E-state index in [4.69, 9.17) is 10.3 Å². The Balaban J connectivity index is 2.10. The van der Waals surface area contributed by atoms with E-state index in [1.165, 1.54) is 0 Å². The van der Waals surface area contributed by atoms with E-state index >= 15 is 0 Å². The highest BCUT2D eigenvalue weighted by Gasteiger charge is 2.08. The number of benzene rings is 1. The molecule has 0 aliphatic heterocycles. The van der Waals surface area contributed by atoms with Crippen LogP contribution in [-0.2, 0) is 6.54 Å². The molecule has 0 amide bonds. The lowest BCUT2D eigenvalue weighted by atomic mass is 10.2. The minimum absolute atomic E-state index is 0.235. The summed E-state index contributed by atoms with van der Waals surface area (Å²) in [5.74, 6) is 0.917. The van der Waals surface area contributed by atoms with Crippen LogP contribution in [0.5, 0.6) is 0 Å². The Hall–Kier alpha value is -2.28. The van der Waals surface area contributed by atoms with Gasteiger partial charge in [-0.15, -0.1) is 0 Å². The van der Waals surface area contributed by atoms with Gasteiger partial charge in [-0.3, -0.25) is 0 Å². The third kappa shape index (κ3) is 1.34. The molecule has 2 heterocycles. The number of nitrogens with zero attached hydrogens (tertiary/aromatic N) is 4. The molecule has 0 unspecified atom stereocenters. The van der Waals surface area contributed by atoms with Crippen molar-refractivity contribution in [3.05, 3.63) is 24.1 Å². The van der Waals surface area contributed by atoms with Gasteiger partial charge >= 0.3 is 0 Å². The number of fused-ring (bicyclic) bond motifs is 1. The average Bonchev–Trinajstić information content (AvgIpc) is 2.96. The summed E-state index contributed by atoms with van der Waals surface area (Å²) in [4.78, 5) is 4.13. The summed E-state index contributed by atoms with van der Waals surface area (Å²) >= 11 is 0. The number of aromatic nitrogens is 5. The molecule has 3 rings (SSSR count). The van der Waals surface area contributed by atoms with Gasteiger partial charge in [-0.2, -0.15) is 20.4 Å². The number of nitrogens with two attached hydrogens (primary N) is 1. The van der Waals surface area contributed by atoms with Crippen LogP contribution in [0.1, 0.15) is 5.89 Å². The van der Waals surface area contributed by atoms with E-state index in [2.05, 4.69) is 25.6 Å². The van der Waals surface area contributed by atoms with Crippen molar-refractivity contribution in [3.8, 4) is 11.4 Å². The molecular weight excluding hydrogens is 208 g/mol. The number of aromatic amines is 1. The molecule has 7 nitrogen and oxygen atoms in total. The third-order valence-electron chi connectivity index (χ3n) is 2.22. The molecule has 0 aliphatic rings. The second kappa shape index (κ2) is 3.38. The van der Waals surface area contributed by atoms with Crippen molar-refractivity contribution in [1.29, 1.82) is 0 Å². The van der Waals surface area contributed by atoms with Crippen LogP contribution in [0.4, 0.5) is 0 Å². The van der Waals surface area contributed by atoms with Gasteiger partial charge in [0.2, 0.25) is 11.7 Å². The van der Waals surface area contributed by atoms with Crippen LogP contribution in [0.2, 0.25) is 0 Å². The lowest BCUT2D eigenvalue weighted by Crippen LogP contribution is -1.95. The first-order chi connectivity index (χ1) is 7.86. The maximum atomic E-state index is 5.39. The van der Waals surface area contributed by atoms with Gasteiger partial charge in [0.25, 0.3) is 0 Å². The molecule has 80 valence electrons. The molecule has 7 heteroatoms. The molecule has 0 radical (unpaired) electrons. The lowest BCUT2D eigenvalue weighted by Gasteiger charge is -1.92. The Labute approximate surface area is 89.6 Å². The normalized spacial score (nSPS) is 11.1. The summed E-state index contributed by atoms with van der Waals surface area (Å²) in [6.45, 7) is 0.235. The fourth-order valence-corrected chi connectivity index (χ4v) is 1.43. The van der Waals surface area contributed by atoms with Crippen LogP contribution >= 0.6 is 0 Å². The molecule has 2 aromatic heterocycles. The fraction of sp³-hybridized carbons (Fsp3) is 0.111. The first kappa shape index (κ1) is 8.98. The van der Waals surface area contributed by atoms with Gasteiger partial charge in [-0.1, -0.05) is 5.16 Å². The minimum atomic E-state index is 0.235. The molecular formula is C9H8N6O. The maximum Gasteiger partial charge on any atom is 0.240 e. The molecule has 16 heavy (non-hydrogen) atoms. The SMILES string of the molecule is NCc1nc(-c2ccc3n[nH]nc3c2)no1. The first-order valence-corrected chi connectivity index (χ1v) is 4.70. The summed E-state index contributed by atoms with van der Waals surface area (Å²) in [5, 5.41) is 14.3. The van der Waals surface area contributed by atoms with Crippen LogP contribution in [0, 0.1) is 0 Å². The monoisotopic (exact) mass is 216 g/mol. The minimum Gasteiger partial charge on any atom is -0.338 e. The summed E-state index contributed by atoms with van der Waals surface area (Å²) in [6, 6.07) is 5.53. The van der Waals surface area contributed by atoms with E-state index in [0.717, 1.165) is 16.6 Å². The van der Waals surface area contributed by atoms with Gasteiger partial charge in [0.15, 0.2) is 0 Å². The second-order valence-corrected chi connectivity index (χ2v) is 3.24. The number of hydrogen-bond donors (Lipinski definition) is 2. The predicted molar refractivity (Wildman–Crippen MR) is 55.1 cm³/mol. The van der Waals surface area contributed by atoms with E-state index < -0.39 is 0 Å². The van der Waals surface area contributed by atoms with E-state index in [0.29, 0.717) is 11.7 Å². The van der Waals surface area contributed by atoms with Gasteiger partial charge in [0.1, 0.15) is 11.0 Å². The topological polar surface area (TPSA) is 107 Å². The highest BCUT2D eigenvalue weighted by atomic mass is 16.5. The van der Waals surface area contributed by atoms with Crippen LogP contribution in [0.25, 0.3) is 22.4 Å². The third-order valence-corrected chi connectivity index (χ3v) is 2.22.